The summed E-state index contributed by atoms with van der Waals surface area (Å²) in [5.41, 5.74) is 7.70. The van der Waals surface area contributed by atoms with Gasteiger partial charge in [0.1, 0.15) is 5.60 Å². The molecule has 3 nitrogen and oxygen atoms in total. The summed E-state index contributed by atoms with van der Waals surface area (Å²) in [6.07, 6.45) is 2.38. The summed E-state index contributed by atoms with van der Waals surface area (Å²) in [5.74, 6) is 0.284. The number of anilines is 1. The van der Waals surface area contributed by atoms with Crippen molar-refractivity contribution in [1.29, 1.82) is 0 Å². The van der Waals surface area contributed by atoms with Crippen molar-refractivity contribution in [3.05, 3.63) is 29.3 Å². The Morgan fingerprint density at radius 3 is 2.47 bits per heavy atom. The number of nitrogens with two attached hydrogens (primary N) is 1. The highest BCUT2D eigenvalue weighted by atomic mass is 16.6. The van der Waals surface area contributed by atoms with Crippen LogP contribution in [0.25, 0.3) is 0 Å². The van der Waals surface area contributed by atoms with Gasteiger partial charge in [-0.1, -0.05) is 0 Å². The molecular weight excluding hydrogens is 214 g/mol. The molecule has 0 bridgehead atoms. The number of carbonyl (C=O) groups excluding carboxylic acids is 1. The second-order valence-corrected chi connectivity index (χ2v) is 5.66. The van der Waals surface area contributed by atoms with Gasteiger partial charge < -0.3 is 10.5 Å². The van der Waals surface area contributed by atoms with Crippen molar-refractivity contribution in [2.24, 2.45) is 0 Å². The molecule has 1 fully saturated rings. The summed E-state index contributed by atoms with van der Waals surface area (Å²) >= 11 is 0. The van der Waals surface area contributed by atoms with Gasteiger partial charge in [-0.15, -0.1) is 0 Å². The van der Waals surface area contributed by atoms with Crippen molar-refractivity contribution in [3.8, 4) is 0 Å². The normalized spacial score (nSPS) is 15.7. The molecule has 0 radical (unpaired) electrons. The fourth-order valence-corrected chi connectivity index (χ4v) is 1.78. The van der Waals surface area contributed by atoms with E-state index in [2.05, 4.69) is 0 Å². The van der Waals surface area contributed by atoms with E-state index in [-0.39, 0.29) is 5.97 Å². The molecule has 0 amide bonds. The molecule has 2 N–H and O–H groups in total. The summed E-state index contributed by atoms with van der Waals surface area (Å²) in [5, 5.41) is 0. The molecule has 1 saturated carbocycles. The van der Waals surface area contributed by atoms with Gasteiger partial charge in [0, 0.05) is 5.69 Å². The molecule has 0 spiro atoms. The predicted molar refractivity (Wildman–Crippen MR) is 68.0 cm³/mol. The number of hydrogen-bond acceptors (Lipinski definition) is 3. The lowest BCUT2D eigenvalue weighted by Gasteiger charge is -2.19. The monoisotopic (exact) mass is 233 g/mol. The Bertz CT molecular complexity index is 442. The second kappa shape index (κ2) is 4.06. The van der Waals surface area contributed by atoms with Crippen LogP contribution < -0.4 is 5.73 Å². The van der Waals surface area contributed by atoms with Gasteiger partial charge in [0.15, 0.2) is 0 Å². The molecule has 3 heteroatoms. The van der Waals surface area contributed by atoms with Crippen molar-refractivity contribution in [2.75, 3.05) is 5.73 Å². The first-order valence-corrected chi connectivity index (χ1v) is 5.99. The van der Waals surface area contributed by atoms with E-state index in [4.69, 9.17) is 10.5 Å². The Balaban J connectivity index is 2.22. The Kier molecular flexibility index (Phi) is 2.86. The molecular formula is C14H19NO2. The summed E-state index contributed by atoms with van der Waals surface area (Å²) in [7, 11) is 0. The van der Waals surface area contributed by atoms with E-state index in [1.807, 2.05) is 32.9 Å². The topological polar surface area (TPSA) is 52.3 Å². The number of nitrogen functional groups attached to an aromatic ring is 1. The molecule has 17 heavy (non-hydrogen) atoms. The van der Waals surface area contributed by atoms with E-state index < -0.39 is 5.60 Å². The number of benzene rings is 1. The van der Waals surface area contributed by atoms with Gasteiger partial charge in [0.2, 0.25) is 0 Å². The number of esters is 1. The Morgan fingerprint density at radius 1 is 1.29 bits per heavy atom. The fourth-order valence-electron chi connectivity index (χ4n) is 1.78. The molecule has 0 atom stereocenters. The van der Waals surface area contributed by atoms with E-state index in [0.29, 0.717) is 17.2 Å². The Morgan fingerprint density at radius 2 is 1.94 bits per heavy atom. The largest absolute Gasteiger partial charge is 0.456 e. The number of hydrogen-bond donors (Lipinski definition) is 1. The first kappa shape index (κ1) is 12.0. The van der Waals surface area contributed by atoms with Gasteiger partial charge in [0.05, 0.1) is 5.56 Å². The molecule has 1 aliphatic rings. The number of ether oxygens (including phenoxy) is 1. The molecule has 0 unspecified atom stereocenters. The van der Waals surface area contributed by atoms with Crippen molar-refractivity contribution >= 4 is 11.7 Å². The third-order valence-electron chi connectivity index (χ3n) is 2.66. The van der Waals surface area contributed by atoms with E-state index >= 15 is 0 Å². The van der Waals surface area contributed by atoms with Crippen molar-refractivity contribution in [2.45, 2.75) is 45.1 Å². The van der Waals surface area contributed by atoms with E-state index in [9.17, 15) is 4.79 Å². The van der Waals surface area contributed by atoms with Crippen LogP contribution in [0.1, 0.15) is 55.5 Å². The van der Waals surface area contributed by atoms with E-state index in [1.54, 1.807) is 6.07 Å². The third kappa shape index (κ3) is 3.22. The summed E-state index contributed by atoms with van der Waals surface area (Å²) < 4.78 is 5.34. The van der Waals surface area contributed by atoms with Gasteiger partial charge in [0.25, 0.3) is 0 Å². The molecule has 1 aromatic rings. The molecule has 1 aromatic carbocycles. The lowest BCUT2D eigenvalue weighted by atomic mass is 10.1. The highest BCUT2D eigenvalue weighted by Gasteiger charge is 2.25. The van der Waals surface area contributed by atoms with Gasteiger partial charge >= 0.3 is 5.97 Å². The van der Waals surface area contributed by atoms with Crippen LogP contribution >= 0.6 is 0 Å². The number of rotatable bonds is 2. The summed E-state index contributed by atoms with van der Waals surface area (Å²) in [6, 6.07) is 5.54. The minimum absolute atomic E-state index is 0.299. The van der Waals surface area contributed by atoms with Crippen LogP contribution in [0.4, 0.5) is 5.69 Å². The Labute approximate surface area is 102 Å². The summed E-state index contributed by atoms with van der Waals surface area (Å²) in [6.45, 7) is 5.58. The van der Waals surface area contributed by atoms with Crippen molar-refractivity contribution in [3.63, 3.8) is 0 Å². The lowest BCUT2D eigenvalue weighted by molar-refractivity contribution is 0.00695. The van der Waals surface area contributed by atoms with Crippen molar-refractivity contribution < 1.29 is 9.53 Å². The van der Waals surface area contributed by atoms with Crippen LogP contribution in [0.15, 0.2) is 18.2 Å². The van der Waals surface area contributed by atoms with Gasteiger partial charge in [-0.3, -0.25) is 0 Å². The zero-order valence-corrected chi connectivity index (χ0v) is 10.6. The van der Waals surface area contributed by atoms with Gasteiger partial charge in [-0.05, 0) is 63.3 Å². The zero-order valence-electron chi connectivity index (χ0n) is 10.6. The molecule has 92 valence electrons. The van der Waals surface area contributed by atoms with Crippen LogP contribution in [0.5, 0.6) is 0 Å². The smallest absolute Gasteiger partial charge is 0.338 e. The van der Waals surface area contributed by atoms with Crippen molar-refractivity contribution in [1.82, 2.24) is 0 Å². The average Bonchev–Trinajstić information content (AvgIpc) is 2.96. The maximum Gasteiger partial charge on any atom is 0.338 e. The first-order valence-electron chi connectivity index (χ1n) is 5.99. The van der Waals surface area contributed by atoms with E-state index in [1.165, 1.54) is 12.8 Å². The predicted octanol–water partition coefficient (Wildman–Crippen LogP) is 3.10. The fraction of sp³-hybridized carbons (Fsp3) is 0.500. The van der Waals surface area contributed by atoms with Gasteiger partial charge in [-0.2, -0.15) is 0 Å². The molecule has 0 heterocycles. The van der Waals surface area contributed by atoms with Crippen LogP contribution in [0.2, 0.25) is 0 Å². The average molecular weight is 233 g/mol. The highest BCUT2D eigenvalue weighted by molar-refractivity contribution is 5.91. The lowest BCUT2D eigenvalue weighted by Crippen LogP contribution is -2.24. The molecule has 1 aliphatic carbocycles. The second-order valence-electron chi connectivity index (χ2n) is 5.66. The van der Waals surface area contributed by atoms with Gasteiger partial charge in [-0.25, -0.2) is 4.79 Å². The molecule has 0 aromatic heterocycles. The minimum Gasteiger partial charge on any atom is -0.456 e. The SMILES string of the molecule is CC(C)(C)OC(=O)c1cc(N)cc(C2CC2)c1. The quantitative estimate of drug-likeness (QED) is 0.630. The Hall–Kier alpha value is -1.51. The molecule has 2 rings (SSSR count). The third-order valence-corrected chi connectivity index (χ3v) is 2.66. The zero-order chi connectivity index (χ0) is 12.6. The van der Waals surface area contributed by atoms with Crippen LogP contribution in [0.3, 0.4) is 0 Å². The van der Waals surface area contributed by atoms with Crippen LogP contribution in [0, 0.1) is 0 Å². The number of carbonyl (C=O) groups is 1. The summed E-state index contributed by atoms with van der Waals surface area (Å²) in [4.78, 5) is 11.9. The minimum atomic E-state index is -0.471. The highest BCUT2D eigenvalue weighted by Crippen LogP contribution is 2.41. The maximum atomic E-state index is 11.9. The standard InChI is InChI=1S/C14H19NO2/c1-14(2,3)17-13(16)11-6-10(9-4-5-9)7-12(15)8-11/h6-9H,4-5,15H2,1-3H3. The maximum absolute atomic E-state index is 11.9. The molecule has 0 aliphatic heterocycles. The van der Waals surface area contributed by atoms with E-state index in [0.717, 1.165) is 5.56 Å². The van der Waals surface area contributed by atoms with Crippen LogP contribution in [-0.4, -0.2) is 11.6 Å². The molecule has 0 saturated heterocycles. The van der Waals surface area contributed by atoms with Crippen LogP contribution in [-0.2, 0) is 4.74 Å². The first-order chi connectivity index (χ1) is 7.85.